The molecule has 0 saturated heterocycles. The highest BCUT2D eigenvalue weighted by atomic mass is 19.3. The molecule has 0 aliphatic heterocycles. The first kappa shape index (κ1) is 16.8. The average molecular weight is 346 g/mol. The van der Waals surface area contributed by atoms with Crippen LogP contribution in [0.3, 0.4) is 0 Å². The molecule has 1 aromatic heterocycles. The van der Waals surface area contributed by atoms with Gasteiger partial charge in [-0.2, -0.15) is 8.78 Å². The van der Waals surface area contributed by atoms with Crippen LogP contribution < -0.4 is 10.1 Å². The maximum absolute atomic E-state index is 13.3. The smallest absolute Gasteiger partial charge is 0.387 e. The number of nitrogens with zero attached hydrogens (tertiary/aromatic N) is 1. The van der Waals surface area contributed by atoms with E-state index in [1.54, 1.807) is 19.1 Å². The molecule has 0 atom stereocenters. The SMILES string of the molecule is Cc1nc2cc(F)ccc2cc1C(=O)Nc1ccc(OC(F)F)cc1. The minimum atomic E-state index is -2.91. The molecule has 3 aromatic rings. The molecule has 0 aliphatic carbocycles. The van der Waals surface area contributed by atoms with Gasteiger partial charge in [0.1, 0.15) is 11.6 Å². The maximum Gasteiger partial charge on any atom is 0.387 e. The number of alkyl halides is 2. The van der Waals surface area contributed by atoms with Gasteiger partial charge in [-0.05, 0) is 49.4 Å². The van der Waals surface area contributed by atoms with Gasteiger partial charge in [0.25, 0.3) is 5.91 Å². The molecule has 1 amide bonds. The number of aromatic nitrogens is 1. The van der Waals surface area contributed by atoms with Gasteiger partial charge >= 0.3 is 6.61 Å². The number of ether oxygens (including phenoxy) is 1. The van der Waals surface area contributed by atoms with Crippen molar-refractivity contribution in [3.8, 4) is 5.75 Å². The number of aryl methyl sites for hydroxylation is 1. The molecule has 0 radical (unpaired) electrons. The van der Waals surface area contributed by atoms with Crippen molar-refractivity contribution in [2.45, 2.75) is 13.5 Å². The van der Waals surface area contributed by atoms with E-state index in [1.165, 1.54) is 36.4 Å². The third kappa shape index (κ3) is 3.88. The molecule has 7 heteroatoms. The Bertz CT molecular complexity index is 928. The van der Waals surface area contributed by atoms with Crippen LogP contribution in [-0.4, -0.2) is 17.5 Å². The fourth-order valence-electron chi connectivity index (χ4n) is 2.38. The monoisotopic (exact) mass is 346 g/mol. The predicted octanol–water partition coefficient (Wildman–Crippen LogP) is 4.54. The zero-order valence-corrected chi connectivity index (χ0v) is 13.1. The van der Waals surface area contributed by atoms with E-state index in [0.29, 0.717) is 27.8 Å². The highest BCUT2D eigenvalue weighted by Gasteiger charge is 2.13. The van der Waals surface area contributed by atoms with Crippen LogP contribution in [0.2, 0.25) is 0 Å². The van der Waals surface area contributed by atoms with E-state index in [2.05, 4.69) is 15.0 Å². The second-order valence-corrected chi connectivity index (χ2v) is 5.32. The molecule has 1 N–H and O–H groups in total. The first-order valence-electron chi connectivity index (χ1n) is 7.35. The summed E-state index contributed by atoms with van der Waals surface area (Å²) in [5, 5.41) is 3.30. The molecule has 0 saturated carbocycles. The largest absolute Gasteiger partial charge is 0.435 e. The van der Waals surface area contributed by atoms with Crippen molar-refractivity contribution in [3.63, 3.8) is 0 Å². The molecule has 0 aliphatic rings. The molecule has 0 unspecified atom stereocenters. The topological polar surface area (TPSA) is 51.2 Å². The van der Waals surface area contributed by atoms with Crippen LogP contribution in [0.1, 0.15) is 16.1 Å². The molecule has 3 rings (SSSR count). The lowest BCUT2D eigenvalue weighted by Gasteiger charge is -2.10. The molecule has 1 heterocycles. The van der Waals surface area contributed by atoms with Gasteiger partial charge in [0.15, 0.2) is 0 Å². The number of halogens is 3. The Morgan fingerprint density at radius 2 is 1.84 bits per heavy atom. The van der Waals surface area contributed by atoms with Crippen molar-refractivity contribution in [2.75, 3.05) is 5.32 Å². The Morgan fingerprint density at radius 3 is 2.52 bits per heavy atom. The molecule has 0 spiro atoms. The fourth-order valence-corrected chi connectivity index (χ4v) is 2.38. The number of carbonyl (C=O) groups excluding carboxylic acids is 1. The number of carbonyl (C=O) groups is 1. The van der Waals surface area contributed by atoms with Gasteiger partial charge in [-0.25, -0.2) is 4.39 Å². The number of fused-ring (bicyclic) bond motifs is 1. The van der Waals surface area contributed by atoms with Crippen LogP contribution in [0.15, 0.2) is 48.5 Å². The van der Waals surface area contributed by atoms with Crippen molar-refractivity contribution in [1.82, 2.24) is 4.98 Å². The molecule has 0 bridgehead atoms. The minimum absolute atomic E-state index is 0.00132. The van der Waals surface area contributed by atoms with Crippen LogP contribution in [0.4, 0.5) is 18.9 Å². The van der Waals surface area contributed by atoms with Crippen molar-refractivity contribution >= 4 is 22.5 Å². The molecular weight excluding hydrogens is 333 g/mol. The van der Waals surface area contributed by atoms with Gasteiger partial charge in [-0.1, -0.05) is 0 Å². The molecule has 25 heavy (non-hydrogen) atoms. The lowest BCUT2D eigenvalue weighted by Crippen LogP contribution is -2.14. The van der Waals surface area contributed by atoms with E-state index in [4.69, 9.17) is 0 Å². The Kier molecular flexibility index (Phi) is 4.56. The number of amides is 1. The summed E-state index contributed by atoms with van der Waals surface area (Å²) in [6.07, 6.45) is 0. The maximum atomic E-state index is 13.3. The zero-order chi connectivity index (χ0) is 18.0. The summed E-state index contributed by atoms with van der Waals surface area (Å²) >= 11 is 0. The fraction of sp³-hybridized carbons (Fsp3) is 0.111. The summed E-state index contributed by atoms with van der Waals surface area (Å²) in [5.41, 5.74) is 1.67. The highest BCUT2D eigenvalue weighted by Crippen LogP contribution is 2.21. The van der Waals surface area contributed by atoms with Gasteiger partial charge in [0.05, 0.1) is 16.8 Å². The molecule has 0 fully saturated rings. The number of benzene rings is 2. The first-order valence-corrected chi connectivity index (χ1v) is 7.35. The average Bonchev–Trinajstić information content (AvgIpc) is 2.55. The van der Waals surface area contributed by atoms with Crippen molar-refractivity contribution in [3.05, 3.63) is 65.6 Å². The summed E-state index contributed by atoms with van der Waals surface area (Å²) in [7, 11) is 0. The lowest BCUT2D eigenvalue weighted by atomic mass is 10.1. The van der Waals surface area contributed by atoms with Crippen LogP contribution in [0.25, 0.3) is 10.9 Å². The summed E-state index contributed by atoms with van der Waals surface area (Å²) in [5.74, 6) is -0.806. The third-order valence-electron chi connectivity index (χ3n) is 3.55. The number of anilines is 1. The number of hydrogen-bond acceptors (Lipinski definition) is 3. The Hall–Kier alpha value is -3.09. The Morgan fingerprint density at radius 1 is 1.12 bits per heavy atom. The summed E-state index contributed by atoms with van der Waals surface area (Å²) in [6, 6.07) is 11.3. The van der Waals surface area contributed by atoms with Crippen LogP contribution in [0, 0.1) is 12.7 Å². The Balaban J connectivity index is 1.82. The summed E-state index contributed by atoms with van der Waals surface area (Å²) in [4.78, 5) is 16.7. The van der Waals surface area contributed by atoms with Crippen molar-refractivity contribution in [2.24, 2.45) is 0 Å². The standard InChI is InChI=1S/C18H13F3N2O2/c1-10-15(8-11-2-3-12(19)9-16(11)22-10)17(24)23-13-4-6-14(7-5-13)25-18(20)21/h2-9,18H,1H3,(H,23,24). The second kappa shape index (κ2) is 6.80. The predicted molar refractivity (Wildman–Crippen MR) is 87.5 cm³/mol. The van der Waals surface area contributed by atoms with Gasteiger partial charge in [0.2, 0.25) is 0 Å². The van der Waals surface area contributed by atoms with E-state index >= 15 is 0 Å². The molecule has 128 valence electrons. The van der Waals surface area contributed by atoms with Crippen LogP contribution in [0.5, 0.6) is 5.75 Å². The zero-order valence-electron chi connectivity index (χ0n) is 13.1. The van der Waals surface area contributed by atoms with Gasteiger partial charge in [-0.3, -0.25) is 9.78 Å². The van der Waals surface area contributed by atoms with Gasteiger partial charge < -0.3 is 10.1 Å². The molecular formula is C18H13F3N2O2. The quantitative estimate of drug-likeness (QED) is 0.755. The van der Waals surface area contributed by atoms with Crippen LogP contribution >= 0.6 is 0 Å². The Labute approximate surface area is 141 Å². The third-order valence-corrected chi connectivity index (χ3v) is 3.55. The minimum Gasteiger partial charge on any atom is -0.435 e. The number of rotatable bonds is 4. The van der Waals surface area contributed by atoms with E-state index in [-0.39, 0.29) is 5.75 Å². The number of nitrogens with one attached hydrogen (secondary N) is 1. The highest BCUT2D eigenvalue weighted by molar-refractivity contribution is 6.06. The summed E-state index contributed by atoms with van der Waals surface area (Å²) < 4.78 is 41.8. The molecule has 4 nitrogen and oxygen atoms in total. The van der Waals surface area contributed by atoms with Gasteiger partial charge in [-0.15, -0.1) is 0 Å². The van der Waals surface area contributed by atoms with E-state index in [1.807, 2.05) is 0 Å². The first-order chi connectivity index (χ1) is 11.9. The van der Waals surface area contributed by atoms with E-state index in [9.17, 15) is 18.0 Å². The van der Waals surface area contributed by atoms with Crippen molar-refractivity contribution < 1.29 is 22.7 Å². The normalized spacial score (nSPS) is 10.9. The van der Waals surface area contributed by atoms with Crippen molar-refractivity contribution in [1.29, 1.82) is 0 Å². The number of hydrogen-bond donors (Lipinski definition) is 1. The van der Waals surface area contributed by atoms with E-state index in [0.717, 1.165) is 0 Å². The van der Waals surface area contributed by atoms with Crippen LogP contribution in [-0.2, 0) is 0 Å². The van der Waals surface area contributed by atoms with E-state index < -0.39 is 18.3 Å². The molecule has 2 aromatic carbocycles. The summed E-state index contributed by atoms with van der Waals surface area (Å²) in [6.45, 7) is -1.25. The second-order valence-electron chi connectivity index (χ2n) is 5.32. The lowest BCUT2D eigenvalue weighted by molar-refractivity contribution is -0.0498. The number of pyridine rings is 1. The van der Waals surface area contributed by atoms with Gasteiger partial charge in [0, 0.05) is 17.1 Å².